The van der Waals surface area contributed by atoms with E-state index in [1.807, 2.05) is 0 Å². The predicted octanol–water partition coefficient (Wildman–Crippen LogP) is 3.27. The van der Waals surface area contributed by atoms with Crippen LogP contribution in [0.3, 0.4) is 0 Å². The van der Waals surface area contributed by atoms with Gasteiger partial charge in [-0.05, 0) is 25.0 Å². The maximum absolute atomic E-state index is 13.1. The van der Waals surface area contributed by atoms with Crippen molar-refractivity contribution >= 4 is 15.9 Å². The van der Waals surface area contributed by atoms with Gasteiger partial charge in [0, 0.05) is 4.83 Å². The molecule has 0 amide bonds. The maximum atomic E-state index is 13.1. The molecule has 1 aliphatic carbocycles. The zero-order valence-electron chi connectivity index (χ0n) is 7.34. The van der Waals surface area contributed by atoms with Gasteiger partial charge in [-0.3, -0.25) is 0 Å². The number of ether oxygens (including phenoxy) is 1. The Morgan fingerprint density at radius 1 is 1.21 bits per heavy atom. The summed E-state index contributed by atoms with van der Waals surface area (Å²) in [5, 5.41) is 0. The molecular weight excluding hydrogens is 254 g/mol. The lowest BCUT2D eigenvalue weighted by Crippen LogP contribution is -2.34. The Morgan fingerprint density at radius 3 is 2.29 bits per heavy atom. The van der Waals surface area contributed by atoms with Gasteiger partial charge in [-0.1, -0.05) is 22.0 Å². The first-order valence-electron chi connectivity index (χ1n) is 4.41. The molecule has 0 saturated heterocycles. The van der Waals surface area contributed by atoms with Gasteiger partial charge >= 0.3 is 0 Å². The van der Waals surface area contributed by atoms with E-state index in [9.17, 15) is 8.78 Å². The highest BCUT2D eigenvalue weighted by Crippen LogP contribution is 2.32. The zero-order chi connectivity index (χ0) is 10.1. The van der Waals surface area contributed by atoms with Crippen molar-refractivity contribution in [3.8, 4) is 5.75 Å². The van der Waals surface area contributed by atoms with Gasteiger partial charge in [0.05, 0.1) is 0 Å². The fourth-order valence-corrected chi connectivity index (χ4v) is 2.19. The highest BCUT2D eigenvalue weighted by atomic mass is 79.9. The summed E-state index contributed by atoms with van der Waals surface area (Å²) in [6.45, 7) is 0. The molecule has 1 aliphatic rings. The Labute approximate surface area is 89.2 Å². The summed E-state index contributed by atoms with van der Waals surface area (Å²) in [4.78, 5) is 0.419. The van der Waals surface area contributed by atoms with Crippen molar-refractivity contribution in [2.24, 2.45) is 0 Å². The first-order valence-corrected chi connectivity index (χ1v) is 5.33. The van der Waals surface area contributed by atoms with Crippen LogP contribution in [0.2, 0.25) is 0 Å². The molecule has 2 rings (SSSR count). The van der Waals surface area contributed by atoms with Crippen molar-refractivity contribution in [3.05, 3.63) is 29.8 Å². The molecule has 0 atom stereocenters. The minimum Gasteiger partial charge on any atom is -0.484 e. The first-order chi connectivity index (χ1) is 6.66. The van der Waals surface area contributed by atoms with E-state index in [1.165, 1.54) is 18.2 Å². The zero-order valence-corrected chi connectivity index (χ0v) is 8.93. The van der Waals surface area contributed by atoms with Crippen LogP contribution in [0.15, 0.2) is 18.2 Å². The van der Waals surface area contributed by atoms with Crippen LogP contribution in [0.4, 0.5) is 8.78 Å². The average Bonchev–Trinajstić information content (AvgIpc) is 2.08. The number of hydrogen-bond donors (Lipinski definition) is 0. The summed E-state index contributed by atoms with van der Waals surface area (Å²) in [6.07, 6.45) is 1.53. The number of hydrogen-bond acceptors (Lipinski definition) is 1. The van der Waals surface area contributed by atoms with Crippen LogP contribution in [-0.4, -0.2) is 10.9 Å². The van der Waals surface area contributed by atoms with E-state index >= 15 is 0 Å². The molecule has 1 saturated carbocycles. The SMILES string of the molecule is Fc1cccc(F)c1OC1CC(Br)C1. The second kappa shape index (κ2) is 3.85. The van der Waals surface area contributed by atoms with Crippen LogP contribution in [0, 0.1) is 11.6 Å². The second-order valence-corrected chi connectivity index (χ2v) is 4.65. The monoisotopic (exact) mass is 262 g/mol. The van der Waals surface area contributed by atoms with Crippen molar-refractivity contribution in [1.82, 2.24) is 0 Å². The standard InChI is InChI=1S/C10H9BrF2O/c11-6-4-7(5-6)14-10-8(12)2-1-3-9(10)13/h1-3,6-7H,4-5H2. The molecular formula is C10H9BrF2O. The molecule has 1 fully saturated rings. The van der Waals surface area contributed by atoms with E-state index in [1.54, 1.807) is 0 Å². The Hall–Kier alpha value is -0.640. The van der Waals surface area contributed by atoms with E-state index in [-0.39, 0.29) is 11.9 Å². The van der Waals surface area contributed by atoms with Gasteiger partial charge in [0.1, 0.15) is 6.10 Å². The summed E-state index contributed by atoms with van der Waals surface area (Å²) in [6, 6.07) is 3.72. The summed E-state index contributed by atoms with van der Waals surface area (Å²) in [7, 11) is 0. The molecule has 0 heterocycles. The van der Waals surface area contributed by atoms with Gasteiger partial charge in [0.2, 0.25) is 0 Å². The van der Waals surface area contributed by atoms with Crippen LogP contribution in [0.5, 0.6) is 5.75 Å². The molecule has 4 heteroatoms. The largest absolute Gasteiger partial charge is 0.484 e. The molecule has 1 aromatic rings. The summed E-state index contributed by atoms with van der Waals surface area (Å²) >= 11 is 3.38. The molecule has 1 aromatic carbocycles. The van der Waals surface area contributed by atoms with Gasteiger partial charge in [-0.15, -0.1) is 0 Å². The van der Waals surface area contributed by atoms with E-state index < -0.39 is 11.6 Å². The van der Waals surface area contributed by atoms with Crippen LogP contribution in [-0.2, 0) is 0 Å². The predicted molar refractivity (Wildman–Crippen MR) is 52.7 cm³/mol. The van der Waals surface area contributed by atoms with E-state index in [0.717, 1.165) is 12.8 Å². The lowest BCUT2D eigenvalue weighted by molar-refractivity contribution is 0.116. The number of alkyl halides is 1. The molecule has 0 aliphatic heterocycles. The second-order valence-electron chi connectivity index (χ2n) is 3.36. The first kappa shape index (κ1) is 9.90. The highest BCUT2D eigenvalue weighted by molar-refractivity contribution is 9.09. The van der Waals surface area contributed by atoms with Crippen molar-refractivity contribution in [2.75, 3.05) is 0 Å². The highest BCUT2D eigenvalue weighted by Gasteiger charge is 2.30. The normalized spacial score (nSPS) is 25.6. The Balaban J connectivity index is 2.09. The van der Waals surface area contributed by atoms with Crippen LogP contribution >= 0.6 is 15.9 Å². The third kappa shape index (κ3) is 1.90. The topological polar surface area (TPSA) is 9.23 Å². The van der Waals surface area contributed by atoms with Crippen molar-refractivity contribution in [3.63, 3.8) is 0 Å². The molecule has 0 radical (unpaired) electrons. The molecule has 1 nitrogen and oxygen atoms in total. The molecule has 76 valence electrons. The molecule has 0 unspecified atom stereocenters. The minimum absolute atomic E-state index is 0.0641. The third-order valence-electron chi connectivity index (χ3n) is 2.24. The van der Waals surface area contributed by atoms with Gasteiger partial charge in [-0.25, -0.2) is 8.78 Å². The Kier molecular flexibility index (Phi) is 2.72. The number of rotatable bonds is 2. The van der Waals surface area contributed by atoms with Crippen LogP contribution in [0.25, 0.3) is 0 Å². The number of benzene rings is 1. The lowest BCUT2D eigenvalue weighted by Gasteiger charge is -2.31. The average molecular weight is 263 g/mol. The molecule has 0 N–H and O–H groups in total. The quantitative estimate of drug-likeness (QED) is 0.744. The molecule has 0 bridgehead atoms. The van der Waals surface area contributed by atoms with Crippen molar-refractivity contribution in [2.45, 2.75) is 23.8 Å². The van der Waals surface area contributed by atoms with Crippen LogP contribution in [0.1, 0.15) is 12.8 Å². The fraction of sp³-hybridized carbons (Fsp3) is 0.400. The molecule has 0 aromatic heterocycles. The van der Waals surface area contributed by atoms with Gasteiger partial charge in [0.15, 0.2) is 17.4 Å². The Morgan fingerprint density at radius 2 is 1.79 bits per heavy atom. The summed E-state index contributed by atoms with van der Waals surface area (Å²) < 4.78 is 31.4. The number of halogens is 3. The van der Waals surface area contributed by atoms with Gasteiger partial charge in [0.25, 0.3) is 0 Å². The maximum Gasteiger partial charge on any atom is 0.191 e. The van der Waals surface area contributed by atoms with E-state index in [0.29, 0.717) is 4.83 Å². The number of para-hydroxylation sites is 1. The fourth-order valence-electron chi connectivity index (χ4n) is 1.36. The summed E-state index contributed by atoms with van der Waals surface area (Å²) in [5.74, 6) is -1.53. The summed E-state index contributed by atoms with van der Waals surface area (Å²) in [5.41, 5.74) is 0. The Bertz CT molecular complexity index is 317. The van der Waals surface area contributed by atoms with Gasteiger partial charge in [-0.2, -0.15) is 0 Å². The van der Waals surface area contributed by atoms with Crippen molar-refractivity contribution < 1.29 is 13.5 Å². The lowest BCUT2D eigenvalue weighted by atomic mass is 9.96. The van der Waals surface area contributed by atoms with Crippen LogP contribution < -0.4 is 4.74 Å². The van der Waals surface area contributed by atoms with Gasteiger partial charge < -0.3 is 4.74 Å². The molecule has 0 spiro atoms. The minimum atomic E-state index is -0.636. The third-order valence-corrected chi connectivity index (χ3v) is 2.99. The van der Waals surface area contributed by atoms with Crippen molar-refractivity contribution in [1.29, 1.82) is 0 Å². The molecule has 14 heavy (non-hydrogen) atoms. The van der Waals surface area contributed by atoms with E-state index in [4.69, 9.17) is 4.74 Å². The van der Waals surface area contributed by atoms with E-state index in [2.05, 4.69) is 15.9 Å². The smallest absolute Gasteiger partial charge is 0.191 e.